The molecule has 0 saturated carbocycles. The number of allylic oxidation sites excluding steroid dienone is 2. The number of phosphoric acid groups is 1. The Morgan fingerprint density at radius 2 is 1.06 bits per heavy atom. The SMILES string of the molecule is CCC/C=C\CCCCCCCC(=O)OC(COC(=O)CCCCCCCCCCCCCCCCCC)COP(=O)([O-])OCC[N+](C)(C)C. The number of ether oxygens (including phenoxy) is 2. The molecular weight excluding hydrogens is 653 g/mol. The average Bonchev–Trinajstić information content (AvgIpc) is 3.06. The van der Waals surface area contributed by atoms with Gasteiger partial charge in [0.15, 0.2) is 6.10 Å². The number of unbranched alkanes of at least 4 members (excludes halogenated alkanes) is 21. The third kappa shape index (κ3) is 36.5. The van der Waals surface area contributed by atoms with E-state index in [1.807, 2.05) is 21.1 Å². The van der Waals surface area contributed by atoms with Crippen LogP contribution in [0.5, 0.6) is 0 Å². The van der Waals surface area contributed by atoms with Crippen molar-refractivity contribution in [1.82, 2.24) is 0 Å². The number of phosphoric ester groups is 1. The monoisotopic (exact) mass is 732 g/mol. The molecule has 50 heavy (non-hydrogen) atoms. The van der Waals surface area contributed by atoms with Crippen molar-refractivity contribution in [3.63, 3.8) is 0 Å². The number of carbonyl (C=O) groups excluding carboxylic acids is 2. The largest absolute Gasteiger partial charge is 0.756 e. The topological polar surface area (TPSA) is 111 Å². The fraction of sp³-hybridized carbons (Fsp3) is 0.900. The molecule has 0 aliphatic heterocycles. The molecule has 0 aliphatic rings. The predicted octanol–water partition coefficient (Wildman–Crippen LogP) is 10.4. The molecule has 296 valence electrons. The van der Waals surface area contributed by atoms with E-state index in [1.54, 1.807) is 0 Å². The van der Waals surface area contributed by atoms with Crippen molar-refractivity contribution in [3.8, 4) is 0 Å². The molecule has 0 fully saturated rings. The molecule has 0 saturated heterocycles. The molecule has 0 N–H and O–H groups in total. The maximum Gasteiger partial charge on any atom is 0.306 e. The van der Waals surface area contributed by atoms with E-state index in [4.69, 9.17) is 18.5 Å². The third-order valence-electron chi connectivity index (χ3n) is 8.77. The molecule has 0 amide bonds. The van der Waals surface area contributed by atoms with Crippen LogP contribution in [0, 0.1) is 0 Å². The van der Waals surface area contributed by atoms with Crippen molar-refractivity contribution in [2.75, 3.05) is 47.5 Å². The molecule has 2 atom stereocenters. The average molecular weight is 732 g/mol. The van der Waals surface area contributed by atoms with E-state index < -0.39 is 26.5 Å². The minimum Gasteiger partial charge on any atom is -0.756 e. The Balaban J connectivity index is 4.33. The molecule has 0 aromatic carbocycles. The van der Waals surface area contributed by atoms with Crippen molar-refractivity contribution in [1.29, 1.82) is 0 Å². The number of likely N-dealkylation sites (N-methyl/N-ethyl adjacent to an activating group) is 1. The molecule has 0 spiro atoms. The van der Waals surface area contributed by atoms with Gasteiger partial charge in [-0.25, -0.2) is 0 Å². The Hall–Kier alpha value is -1.25. The Labute approximate surface area is 307 Å². The Kier molecular flexibility index (Phi) is 32.7. The zero-order valence-corrected chi connectivity index (χ0v) is 34.0. The number of esters is 2. The lowest BCUT2D eigenvalue weighted by Crippen LogP contribution is -2.37. The quantitative estimate of drug-likeness (QED) is 0.0204. The molecule has 0 bridgehead atoms. The van der Waals surface area contributed by atoms with Crippen molar-refractivity contribution in [2.24, 2.45) is 0 Å². The summed E-state index contributed by atoms with van der Waals surface area (Å²) in [4.78, 5) is 37.3. The van der Waals surface area contributed by atoms with Gasteiger partial charge >= 0.3 is 11.9 Å². The van der Waals surface area contributed by atoms with E-state index in [0.29, 0.717) is 17.4 Å². The van der Waals surface area contributed by atoms with Crippen LogP contribution in [0.4, 0.5) is 0 Å². The minimum absolute atomic E-state index is 0.0297. The second-order valence-corrected chi connectivity index (χ2v) is 16.4. The van der Waals surface area contributed by atoms with Gasteiger partial charge in [-0.1, -0.05) is 148 Å². The van der Waals surface area contributed by atoms with Crippen LogP contribution in [0.3, 0.4) is 0 Å². The first-order chi connectivity index (χ1) is 24.0. The summed E-state index contributed by atoms with van der Waals surface area (Å²) in [7, 11) is 1.17. The van der Waals surface area contributed by atoms with Gasteiger partial charge in [-0.2, -0.15) is 0 Å². The maximum absolute atomic E-state index is 12.6. The highest BCUT2D eigenvalue weighted by Crippen LogP contribution is 2.38. The summed E-state index contributed by atoms with van der Waals surface area (Å²) >= 11 is 0. The van der Waals surface area contributed by atoms with Gasteiger partial charge in [0.1, 0.15) is 19.8 Å². The molecule has 0 aliphatic carbocycles. The molecular formula is C40H78NO8P. The fourth-order valence-corrected chi connectivity index (χ4v) is 6.27. The van der Waals surface area contributed by atoms with Gasteiger partial charge in [0, 0.05) is 12.8 Å². The van der Waals surface area contributed by atoms with Crippen molar-refractivity contribution in [2.45, 2.75) is 187 Å². The van der Waals surface area contributed by atoms with E-state index in [2.05, 4.69) is 26.0 Å². The number of nitrogens with zero attached hydrogens (tertiary/aromatic N) is 1. The lowest BCUT2D eigenvalue weighted by Gasteiger charge is -2.28. The summed E-state index contributed by atoms with van der Waals surface area (Å²) in [6.45, 7) is 4.16. The number of rotatable bonds is 37. The van der Waals surface area contributed by atoms with Gasteiger partial charge < -0.3 is 27.9 Å². The van der Waals surface area contributed by atoms with Crippen LogP contribution in [0.1, 0.15) is 181 Å². The standard InChI is InChI=1S/C40H78NO8P/c1-6-8-10-12-14-16-18-19-20-21-22-23-25-26-28-30-32-39(42)46-36-38(37-48-50(44,45)47-35-34-41(3,4)5)49-40(43)33-31-29-27-24-17-15-13-11-9-7-2/h11,13,38H,6-10,12,14-37H2,1-5H3/b13-11-. The van der Waals surface area contributed by atoms with Crippen LogP contribution in [-0.4, -0.2) is 70.0 Å². The lowest BCUT2D eigenvalue weighted by atomic mass is 10.0. The third-order valence-corrected chi connectivity index (χ3v) is 9.73. The Morgan fingerprint density at radius 3 is 1.56 bits per heavy atom. The Bertz CT molecular complexity index is 876. The van der Waals surface area contributed by atoms with Gasteiger partial charge in [-0.15, -0.1) is 0 Å². The van der Waals surface area contributed by atoms with Crippen LogP contribution in [-0.2, 0) is 32.7 Å². The summed E-state index contributed by atoms with van der Waals surface area (Å²) in [5.41, 5.74) is 0. The summed E-state index contributed by atoms with van der Waals surface area (Å²) in [5.74, 6) is -0.841. The van der Waals surface area contributed by atoms with Crippen LogP contribution < -0.4 is 4.89 Å². The molecule has 2 unspecified atom stereocenters. The molecule has 10 heteroatoms. The van der Waals surface area contributed by atoms with Crippen molar-refractivity contribution in [3.05, 3.63) is 12.2 Å². The molecule has 0 radical (unpaired) electrons. The van der Waals surface area contributed by atoms with E-state index in [-0.39, 0.29) is 32.0 Å². The number of quaternary nitrogens is 1. The first-order valence-electron chi connectivity index (χ1n) is 20.4. The normalized spacial score (nSPS) is 13.8. The van der Waals surface area contributed by atoms with Crippen molar-refractivity contribution < 1.29 is 42.1 Å². The number of hydrogen-bond donors (Lipinski definition) is 0. The second-order valence-electron chi connectivity index (χ2n) is 15.0. The maximum atomic E-state index is 12.6. The van der Waals surface area contributed by atoms with Crippen LogP contribution >= 0.6 is 7.82 Å². The highest BCUT2D eigenvalue weighted by molar-refractivity contribution is 7.45. The Morgan fingerprint density at radius 1 is 0.600 bits per heavy atom. The van der Waals surface area contributed by atoms with E-state index in [1.165, 1.54) is 89.9 Å². The second kappa shape index (κ2) is 33.6. The zero-order valence-electron chi connectivity index (χ0n) is 33.1. The van der Waals surface area contributed by atoms with Gasteiger partial charge in [-0.05, 0) is 32.1 Å². The lowest BCUT2D eigenvalue weighted by molar-refractivity contribution is -0.870. The highest BCUT2D eigenvalue weighted by atomic mass is 31.2. The number of hydrogen-bond acceptors (Lipinski definition) is 8. The van der Waals surface area contributed by atoms with E-state index in [9.17, 15) is 19.0 Å². The summed E-state index contributed by atoms with van der Waals surface area (Å²) < 4.78 is 33.8. The molecule has 0 rings (SSSR count). The van der Waals surface area contributed by atoms with E-state index in [0.717, 1.165) is 57.8 Å². The molecule has 9 nitrogen and oxygen atoms in total. The minimum atomic E-state index is -4.61. The summed E-state index contributed by atoms with van der Waals surface area (Å²) in [5, 5.41) is 0. The van der Waals surface area contributed by atoms with Crippen LogP contribution in [0.2, 0.25) is 0 Å². The van der Waals surface area contributed by atoms with Crippen molar-refractivity contribution >= 4 is 19.8 Å². The van der Waals surface area contributed by atoms with Crippen LogP contribution in [0.25, 0.3) is 0 Å². The zero-order chi connectivity index (χ0) is 37.2. The van der Waals surface area contributed by atoms with Crippen LogP contribution in [0.15, 0.2) is 12.2 Å². The van der Waals surface area contributed by atoms with Gasteiger partial charge in [0.05, 0.1) is 27.7 Å². The molecule has 0 aromatic heterocycles. The molecule has 0 aromatic rings. The first kappa shape index (κ1) is 48.8. The predicted molar refractivity (Wildman–Crippen MR) is 204 cm³/mol. The highest BCUT2D eigenvalue weighted by Gasteiger charge is 2.21. The van der Waals surface area contributed by atoms with Gasteiger partial charge in [0.25, 0.3) is 7.82 Å². The summed E-state index contributed by atoms with van der Waals surface area (Å²) in [6.07, 6.45) is 32.4. The van der Waals surface area contributed by atoms with E-state index >= 15 is 0 Å². The van der Waals surface area contributed by atoms with Gasteiger partial charge in [0.2, 0.25) is 0 Å². The first-order valence-corrected chi connectivity index (χ1v) is 21.9. The molecule has 0 heterocycles. The summed E-state index contributed by atoms with van der Waals surface area (Å²) in [6, 6.07) is 0. The fourth-order valence-electron chi connectivity index (χ4n) is 5.54. The smallest absolute Gasteiger partial charge is 0.306 e. The van der Waals surface area contributed by atoms with Gasteiger partial charge in [-0.3, -0.25) is 14.2 Å². The number of carbonyl (C=O) groups is 2.